The normalized spacial score (nSPS) is 11.7. The molecule has 0 saturated heterocycles. The van der Waals surface area contributed by atoms with Crippen molar-refractivity contribution in [3.8, 4) is 0 Å². The van der Waals surface area contributed by atoms with Crippen LogP contribution in [0.3, 0.4) is 0 Å². The third-order valence-electron chi connectivity index (χ3n) is 2.64. The van der Waals surface area contributed by atoms with Crippen LogP contribution < -0.4 is 5.32 Å². The molecule has 0 aliphatic rings. The van der Waals surface area contributed by atoms with Crippen LogP contribution in [0.5, 0.6) is 0 Å². The number of hydrogen-bond acceptors (Lipinski definition) is 3. The lowest BCUT2D eigenvalue weighted by Crippen LogP contribution is -2.33. The Hall–Kier alpha value is -2.21. The summed E-state index contributed by atoms with van der Waals surface area (Å²) in [6.07, 6.45) is 1.38. The minimum Gasteiger partial charge on any atom is -0.479 e. The van der Waals surface area contributed by atoms with Gasteiger partial charge in [-0.1, -0.05) is 30.3 Å². The number of aromatic nitrogens is 1. The van der Waals surface area contributed by atoms with Crippen molar-refractivity contribution in [2.24, 2.45) is 0 Å². The van der Waals surface area contributed by atoms with E-state index in [9.17, 15) is 14.7 Å². The number of amides is 1. The number of carboxylic acids is 1. The topological polar surface area (TPSA) is 79.3 Å². The molecule has 102 valence electrons. The second-order valence-corrected chi connectivity index (χ2v) is 4.84. The van der Waals surface area contributed by atoms with E-state index >= 15 is 0 Å². The number of aliphatic carboxylic acids is 1. The largest absolute Gasteiger partial charge is 0.479 e. The number of nitrogens with zero attached hydrogens (tertiary/aromatic N) is 1. The van der Waals surface area contributed by atoms with Crippen molar-refractivity contribution in [3.63, 3.8) is 0 Å². The summed E-state index contributed by atoms with van der Waals surface area (Å²) in [5, 5.41) is 11.7. The van der Waals surface area contributed by atoms with Gasteiger partial charge < -0.3 is 10.4 Å². The van der Waals surface area contributed by atoms with Crippen molar-refractivity contribution in [2.45, 2.75) is 6.04 Å². The Morgan fingerprint density at radius 3 is 2.40 bits per heavy atom. The van der Waals surface area contributed by atoms with E-state index in [0.717, 1.165) is 0 Å². The second kappa shape index (κ2) is 6.29. The average molecular weight is 335 g/mol. The fourth-order valence-corrected chi connectivity index (χ4v) is 1.89. The van der Waals surface area contributed by atoms with Crippen LogP contribution in [0.25, 0.3) is 0 Å². The summed E-state index contributed by atoms with van der Waals surface area (Å²) < 4.78 is 0.604. The molecule has 0 aliphatic heterocycles. The maximum atomic E-state index is 12.0. The van der Waals surface area contributed by atoms with Gasteiger partial charge in [0.15, 0.2) is 6.04 Å². The number of carbonyl (C=O) groups excluding carboxylic acids is 1. The lowest BCUT2D eigenvalue weighted by atomic mass is 10.1. The number of rotatable bonds is 4. The molecule has 1 aromatic heterocycles. The monoisotopic (exact) mass is 334 g/mol. The number of benzene rings is 1. The van der Waals surface area contributed by atoms with Crippen LogP contribution in [0.2, 0.25) is 0 Å². The molecule has 0 saturated carbocycles. The molecule has 1 aromatic carbocycles. The van der Waals surface area contributed by atoms with Gasteiger partial charge >= 0.3 is 5.97 Å². The van der Waals surface area contributed by atoms with Gasteiger partial charge in [0.2, 0.25) is 0 Å². The summed E-state index contributed by atoms with van der Waals surface area (Å²) in [5.41, 5.74) is 0.814. The predicted molar refractivity (Wildman–Crippen MR) is 76.2 cm³/mol. The van der Waals surface area contributed by atoms with E-state index < -0.39 is 17.9 Å². The molecule has 0 spiro atoms. The van der Waals surface area contributed by atoms with Crippen LogP contribution in [-0.4, -0.2) is 22.0 Å². The fourth-order valence-electron chi connectivity index (χ4n) is 1.66. The first kappa shape index (κ1) is 14.2. The van der Waals surface area contributed by atoms with E-state index in [1.807, 2.05) is 0 Å². The molecule has 0 fully saturated rings. The number of nitrogens with one attached hydrogen (secondary N) is 1. The predicted octanol–water partition coefficient (Wildman–Crippen LogP) is 2.40. The molecule has 2 aromatic rings. The number of halogens is 1. The maximum absolute atomic E-state index is 12.0. The molecule has 1 heterocycles. The molecule has 5 nitrogen and oxygen atoms in total. The van der Waals surface area contributed by atoms with Gasteiger partial charge in [0.05, 0.1) is 5.56 Å². The summed E-state index contributed by atoms with van der Waals surface area (Å²) in [6.45, 7) is 0. The number of carboxylic acid groups (broad SMARTS) is 1. The van der Waals surface area contributed by atoms with E-state index in [4.69, 9.17) is 0 Å². The van der Waals surface area contributed by atoms with Crippen LogP contribution in [0.1, 0.15) is 22.0 Å². The van der Waals surface area contributed by atoms with Crippen LogP contribution in [-0.2, 0) is 4.79 Å². The Balaban J connectivity index is 2.19. The molecular weight excluding hydrogens is 324 g/mol. The molecule has 0 aliphatic carbocycles. The van der Waals surface area contributed by atoms with Crippen LogP contribution in [0.15, 0.2) is 53.3 Å². The summed E-state index contributed by atoms with van der Waals surface area (Å²) in [5.74, 6) is -1.60. The summed E-state index contributed by atoms with van der Waals surface area (Å²) >= 11 is 3.17. The van der Waals surface area contributed by atoms with Gasteiger partial charge in [0.1, 0.15) is 4.60 Å². The molecular formula is C14H11BrN2O3. The minimum absolute atomic E-state index is 0.301. The molecule has 2 N–H and O–H groups in total. The van der Waals surface area contributed by atoms with Crippen molar-refractivity contribution in [1.29, 1.82) is 0 Å². The average Bonchev–Trinajstić information content (AvgIpc) is 2.46. The molecule has 1 amide bonds. The zero-order valence-corrected chi connectivity index (χ0v) is 11.9. The smallest absolute Gasteiger partial charge is 0.330 e. The zero-order valence-electron chi connectivity index (χ0n) is 10.3. The molecule has 6 heteroatoms. The summed E-state index contributed by atoms with van der Waals surface area (Å²) in [7, 11) is 0. The third kappa shape index (κ3) is 3.42. The van der Waals surface area contributed by atoms with Crippen molar-refractivity contribution in [2.75, 3.05) is 0 Å². The summed E-state index contributed by atoms with van der Waals surface area (Å²) in [4.78, 5) is 27.2. The van der Waals surface area contributed by atoms with E-state index in [1.54, 1.807) is 42.5 Å². The highest BCUT2D eigenvalue weighted by molar-refractivity contribution is 9.10. The lowest BCUT2D eigenvalue weighted by molar-refractivity contribution is -0.139. The molecule has 2 rings (SSSR count). The van der Waals surface area contributed by atoms with Crippen LogP contribution in [0, 0.1) is 0 Å². The Kier molecular flexibility index (Phi) is 4.47. The number of pyridine rings is 1. The molecule has 1 unspecified atom stereocenters. The van der Waals surface area contributed by atoms with Gasteiger partial charge in [-0.25, -0.2) is 9.78 Å². The Labute approximate surface area is 123 Å². The van der Waals surface area contributed by atoms with Crippen molar-refractivity contribution in [1.82, 2.24) is 10.3 Å². The first-order valence-corrected chi connectivity index (χ1v) is 6.57. The first-order chi connectivity index (χ1) is 9.58. The first-order valence-electron chi connectivity index (χ1n) is 5.78. The SMILES string of the molecule is O=C(NC(C(=O)O)c1ccccc1)c1ccc(Br)nc1. The van der Waals surface area contributed by atoms with E-state index in [0.29, 0.717) is 15.7 Å². The highest BCUT2D eigenvalue weighted by Crippen LogP contribution is 2.14. The quantitative estimate of drug-likeness (QED) is 0.841. The van der Waals surface area contributed by atoms with E-state index in [1.165, 1.54) is 6.20 Å². The zero-order chi connectivity index (χ0) is 14.5. The van der Waals surface area contributed by atoms with Gasteiger partial charge in [0.25, 0.3) is 5.91 Å². The standard InChI is InChI=1S/C14H11BrN2O3/c15-11-7-6-10(8-16-11)13(18)17-12(14(19)20)9-4-2-1-3-5-9/h1-8,12H,(H,17,18)(H,19,20). The second-order valence-electron chi connectivity index (χ2n) is 4.02. The van der Waals surface area contributed by atoms with Gasteiger partial charge in [-0.05, 0) is 33.6 Å². The minimum atomic E-state index is -1.12. The van der Waals surface area contributed by atoms with Crippen molar-refractivity contribution in [3.05, 3.63) is 64.4 Å². The molecule has 0 bridgehead atoms. The highest BCUT2D eigenvalue weighted by atomic mass is 79.9. The maximum Gasteiger partial charge on any atom is 0.330 e. The van der Waals surface area contributed by atoms with E-state index in [-0.39, 0.29) is 0 Å². The van der Waals surface area contributed by atoms with Gasteiger partial charge in [-0.3, -0.25) is 4.79 Å². The van der Waals surface area contributed by atoms with Gasteiger partial charge in [-0.2, -0.15) is 0 Å². The number of carbonyl (C=O) groups is 2. The Morgan fingerprint density at radius 1 is 1.15 bits per heavy atom. The lowest BCUT2D eigenvalue weighted by Gasteiger charge is -2.14. The Morgan fingerprint density at radius 2 is 1.85 bits per heavy atom. The summed E-state index contributed by atoms with van der Waals surface area (Å²) in [6, 6.07) is 10.6. The van der Waals surface area contributed by atoms with Crippen LogP contribution in [0.4, 0.5) is 0 Å². The van der Waals surface area contributed by atoms with Crippen molar-refractivity contribution >= 4 is 27.8 Å². The molecule has 20 heavy (non-hydrogen) atoms. The van der Waals surface area contributed by atoms with Gasteiger partial charge in [0, 0.05) is 6.20 Å². The third-order valence-corrected chi connectivity index (χ3v) is 3.11. The fraction of sp³-hybridized carbons (Fsp3) is 0.0714. The van der Waals surface area contributed by atoms with Gasteiger partial charge in [-0.15, -0.1) is 0 Å². The van der Waals surface area contributed by atoms with Crippen molar-refractivity contribution < 1.29 is 14.7 Å². The molecule has 0 radical (unpaired) electrons. The van der Waals surface area contributed by atoms with E-state index in [2.05, 4.69) is 26.2 Å². The Bertz CT molecular complexity index is 614. The van der Waals surface area contributed by atoms with Crippen LogP contribution >= 0.6 is 15.9 Å². The number of hydrogen-bond donors (Lipinski definition) is 2. The highest BCUT2D eigenvalue weighted by Gasteiger charge is 2.22. The molecule has 1 atom stereocenters.